The van der Waals surface area contributed by atoms with Crippen molar-refractivity contribution in [1.82, 2.24) is 15.1 Å². The number of nitrogens with zero attached hydrogens (tertiary/aromatic N) is 2. The van der Waals surface area contributed by atoms with Crippen molar-refractivity contribution >= 4 is 17.7 Å². The number of aliphatic hydroxyl groups excluding tert-OH is 1. The number of aryl methyl sites for hydroxylation is 1. The van der Waals surface area contributed by atoms with Crippen molar-refractivity contribution in [3.05, 3.63) is 59.7 Å². The van der Waals surface area contributed by atoms with Crippen LogP contribution in [0.5, 0.6) is 11.5 Å². The van der Waals surface area contributed by atoms with Gasteiger partial charge in [-0.1, -0.05) is 24.3 Å². The SMILES string of the molecule is O=C1CN(CCCO)C(=O)CCc2ccc(cc2)Oc2cccc(c2)CO[C@H]2CCN(C(=O)C3CC3)C[C@@H]2N1. The van der Waals surface area contributed by atoms with Gasteiger partial charge in [0.1, 0.15) is 11.5 Å². The van der Waals surface area contributed by atoms with Gasteiger partial charge in [-0.15, -0.1) is 0 Å². The normalized spacial score (nSPS) is 22.7. The van der Waals surface area contributed by atoms with Crippen LogP contribution in [0.25, 0.3) is 0 Å². The number of fused-ring (bicyclic) bond motifs is 9. The van der Waals surface area contributed by atoms with Gasteiger partial charge in [0.15, 0.2) is 0 Å². The van der Waals surface area contributed by atoms with E-state index in [4.69, 9.17) is 9.47 Å². The van der Waals surface area contributed by atoms with E-state index in [-0.39, 0.29) is 55.4 Å². The average molecular weight is 536 g/mol. The molecule has 0 radical (unpaired) electrons. The first kappa shape index (κ1) is 27.1. The molecule has 39 heavy (non-hydrogen) atoms. The molecule has 0 unspecified atom stereocenters. The summed E-state index contributed by atoms with van der Waals surface area (Å²) in [6.45, 7) is 1.44. The summed E-state index contributed by atoms with van der Waals surface area (Å²) in [5.41, 5.74) is 1.94. The number of piperidine rings is 1. The van der Waals surface area contributed by atoms with Gasteiger partial charge < -0.3 is 29.7 Å². The first-order valence-corrected chi connectivity index (χ1v) is 13.9. The van der Waals surface area contributed by atoms with E-state index in [2.05, 4.69) is 5.32 Å². The van der Waals surface area contributed by atoms with Crippen molar-refractivity contribution < 1.29 is 29.0 Å². The summed E-state index contributed by atoms with van der Waals surface area (Å²) in [5, 5.41) is 12.4. The summed E-state index contributed by atoms with van der Waals surface area (Å²) < 4.78 is 12.4. The highest BCUT2D eigenvalue weighted by molar-refractivity contribution is 5.85. The maximum Gasteiger partial charge on any atom is 0.239 e. The van der Waals surface area contributed by atoms with Crippen LogP contribution in [0.15, 0.2) is 48.5 Å². The number of benzene rings is 2. The van der Waals surface area contributed by atoms with Crippen molar-refractivity contribution in [2.75, 3.05) is 32.8 Å². The van der Waals surface area contributed by atoms with E-state index in [0.717, 1.165) is 24.0 Å². The number of amides is 3. The molecule has 0 aromatic heterocycles. The Kier molecular flexibility index (Phi) is 8.78. The van der Waals surface area contributed by atoms with E-state index in [9.17, 15) is 19.5 Å². The highest BCUT2D eigenvalue weighted by Crippen LogP contribution is 2.32. The number of carbonyl (C=O) groups excluding carboxylic acids is 3. The molecule has 2 atom stereocenters. The van der Waals surface area contributed by atoms with Crippen molar-refractivity contribution in [2.24, 2.45) is 5.92 Å². The second-order valence-corrected chi connectivity index (χ2v) is 10.7. The lowest BCUT2D eigenvalue weighted by Crippen LogP contribution is -2.58. The third-order valence-electron chi connectivity index (χ3n) is 7.56. The van der Waals surface area contributed by atoms with Crippen LogP contribution in [0.1, 0.15) is 43.2 Å². The van der Waals surface area contributed by atoms with Crippen LogP contribution >= 0.6 is 0 Å². The number of rotatable bonds is 4. The van der Waals surface area contributed by atoms with Crippen molar-refractivity contribution in [1.29, 1.82) is 0 Å². The fraction of sp³-hybridized carbons (Fsp3) is 0.500. The molecule has 9 heteroatoms. The highest BCUT2D eigenvalue weighted by atomic mass is 16.5. The molecule has 1 aliphatic carbocycles. The second kappa shape index (κ2) is 12.6. The Morgan fingerprint density at radius 1 is 1.00 bits per heavy atom. The quantitative estimate of drug-likeness (QED) is 0.623. The molecule has 6 rings (SSSR count). The zero-order valence-corrected chi connectivity index (χ0v) is 22.2. The Balaban J connectivity index is 1.37. The minimum atomic E-state index is -0.388. The van der Waals surface area contributed by atoms with Crippen LogP contribution in [0.2, 0.25) is 0 Å². The molecule has 9 nitrogen and oxygen atoms in total. The Labute approximate surface area is 229 Å². The summed E-state index contributed by atoms with van der Waals surface area (Å²) in [6, 6.07) is 15.0. The van der Waals surface area contributed by atoms with E-state index >= 15 is 0 Å². The maximum atomic E-state index is 13.2. The minimum absolute atomic E-state index is 0.0651. The molecular weight excluding hydrogens is 498 g/mol. The number of nitrogens with one attached hydrogen (secondary N) is 1. The highest BCUT2D eigenvalue weighted by Gasteiger charge is 2.39. The largest absolute Gasteiger partial charge is 0.457 e. The lowest BCUT2D eigenvalue weighted by Gasteiger charge is -2.39. The van der Waals surface area contributed by atoms with Gasteiger partial charge in [0.25, 0.3) is 0 Å². The summed E-state index contributed by atoms with van der Waals surface area (Å²) >= 11 is 0. The number of hydrogen-bond acceptors (Lipinski definition) is 6. The molecule has 4 bridgehead atoms. The topological polar surface area (TPSA) is 108 Å². The molecular formula is C30H37N3O6. The molecule has 208 valence electrons. The molecule has 0 spiro atoms. The lowest BCUT2D eigenvalue weighted by molar-refractivity contribution is -0.140. The molecule has 4 aliphatic rings. The van der Waals surface area contributed by atoms with E-state index in [0.29, 0.717) is 57.0 Å². The monoisotopic (exact) mass is 535 g/mol. The summed E-state index contributed by atoms with van der Waals surface area (Å²) in [7, 11) is 0. The molecule has 1 saturated heterocycles. The van der Waals surface area contributed by atoms with Crippen LogP contribution in [-0.2, 0) is 32.1 Å². The number of likely N-dealkylation sites (tertiary alicyclic amines) is 1. The van der Waals surface area contributed by atoms with Crippen molar-refractivity contribution in [3.63, 3.8) is 0 Å². The van der Waals surface area contributed by atoms with E-state index < -0.39 is 0 Å². The van der Waals surface area contributed by atoms with E-state index in [1.54, 1.807) is 0 Å². The van der Waals surface area contributed by atoms with Gasteiger partial charge in [-0.25, -0.2) is 0 Å². The van der Waals surface area contributed by atoms with Gasteiger partial charge in [-0.3, -0.25) is 14.4 Å². The second-order valence-electron chi connectivity index (χ2n) is 10.7. The zero-order chi connectivity index (χ0) is 27.2. The minimum Gasteiger partial charge on any atom is -0.457 e. The Morgan fingerprint density at radius 3 is 2.59 bits per heavy atom. The predicted molar refractivity (Wildman–Crippen MR) is 144 cm³/mol. The van der Waals surface area contributed by atoms with Gasteiger partial charge in [0.2, 0.25) is 17.7 Å². The van der Waals surface area contributed by atoms with Crippen molar-refractivity contribution in [2.45, 2.75) is 57.3 Å². The summed E-state index contributed by atoms with van der Waals surface area (Å²) in [6.07, 6.45) is 3.35. The fourth-order valence-electron chi connectivity index (χ4n) is 5.21. The van der Waals surface area contributed by atoms with E-state index in [1.165, 1.54) is 4.90 Å². The summed E-state index contributed by atoms with van der Waals surface area (Å²) in [4.78, 5) is 42.4. The van der Waals surface area contributed by atoms with Crippen LogP contribution in [0.4, 0.5) is 0 Å². The van der Waals surface area contributed by atoms with Gasteiger partial charge in [0, 0.05) is 38.6 Å². The molecule has 2 fully saturated rings. The molecule has 3 heterocycles. The van der Waals surface area contributed by atoms with Crippen LogP contribution in [-0.4, -0.2) is 77.6 Å². The maximum absolute atomic E-state index is 13.2. The smallest absolute Gasteiger partial charge is 0.239 e. The first-order chi connectivity index (χ1) is 19.0. The Morgan fingerprint density at radius 2 is 1.82 bits per heavy atom. The zero-order valence-electron chi connectivity index (χ0n) is 22.2. The van der Waals surface area contributed by atoms with Gasteiger partial charge >= 0.3 is 0 Å². The lowest BCUT2D eigenvalue weighted by atomic mass is 10.0. The van der Waals surface area contributed by atoms with E-state index in [1.807, 2.05) is 53.4 Å². The molecule has 3 aliphatic heterocycles. The van der Waals surface area contributed by atoms with Gasteiger partial charge in [-0.05, 0) is 67.5 Å². The number of carbonyl (C=O) groups is 3. The molecule has 2 aromatic rings. The van der Waals surface area contributed by atoms with Gasteiger partial charge in [-0.2, -0.15) is 0 Å². The molecule has 2 N–H and O–H groups in total. The summed E-state index contributed by atoms with van der Waals surface area (Å²) in [5.74, 6) is 1.22. The third-order valence-corrected chi connectivity index (χ3v) is 7.56. The average Bonchev–Trinajstić information content (AvgIpc) is 3.79. The first-order valence-electron chi connectivity index (χ1n) is 13.9. The molecule has 2 aromatic carbocycles. The number of ether oxygens (including phenoxy) is 2. The fourth-order valence-corrected chi connectivity index (χ4v) is 5.21. The number of hydrogen-bond donors (Lipinski definition) is 2. The Hall–Kier alpha value is -3.43. The van der Waals surface area contributed by atoms with Crippen LogP contribution in [0.3, 0.4) is 0 Å². The molecule has 3 amide bonds. The van der Waals surface area contributed by atoms with Crippen LogP contribution < -0.4 is 10.1 Å². The number of aliphatic hydroxyl groups is 1. The van der Waals surface area contributed by atoms with Crippen molar-refractivity contribution in [3.8, 4) is 11.5 Å². The molecule has 1 saturated carbocycles. The Bertz CT molecular complexity index is 1170. The third kappa shape index (κ3) is 7.36. The predicted octanol–water partition coefficient (Wildman–Crippen LogP) is 2.65. The standard InChI is InChI=1S/C30H37N3O6/c34-16-2-14-32-19-28(35)31-26-18-33(30(37)23-8-9-23)15-13-27(26)38-20-22-3-1-4-25(17-22)39-24-10-5-21(6-11-24)7-12-29(32)36/h1,3-6,10-11,17,23,26-27,34H,2,7-9,12-16,18-20H2,(H,31,35)/t26-,27-/m0/s1. The van der Waals surface area contributed by atoms with Gasteiger partial charge in [0.05, 0.1) is 25.3 Å². The van der Waals surface area contributed by atoms with Crippen LogP contribution in [0, 0.1) is 5.92 Å².